The molecule has 1 aliphatic rings. The van der Waals surface area contributed by atoms with Gasteiger partial charge in [-0.15, -0.1) is 5.10 Å². The summed E-state index contributed by atoms with van der Waals surface area (Å²) in [5.41, 5.74) is 0. The van der Waals surface area contributed by atoms with Gasteiger partial charge in [-0.3, -0.25) is 0 Å². The van der Waals surface area contributed by atoms with E-state index >= 15 is 0 Å². The van der Waals surface area contributed by atoms with Crippen LogP contribution in [0.2, 0.25) is 0 Å². The van der Waals surface area contributed by atoms with Gasteiger partial charge in [0.05, 0.1) is 6.54 Å². The lowest BCUT2D eigenvalue weighted by molar-refractivity contribution is 0.471. The van der Waals surface area contributed by atoms with Crippen LogP contribution in [0, 0.1) is 0 Å². The van der Waals surface area contributed by atoms with E-state index in [1.54, 1.807) is 0 Å². The molecule has 0 amide bonds. The maximum Gasteiger partial charge on any atom is 0.318 e. The number of aromatic nitrogens is 2. The van der Waals surface area contributed by atoms with Gasteiger partial charge in [-0.2, -0.15) is 0 Å². The summed E-state index contributed by atoms with van der Waals surface area (Å²) in [6.45, 7) is 2.73. The second kappa shape index (κ2) is 5.11. The van der Waals surface area contributed by atoms with Crippen LogP contribution in [0.4, 0.5) is 6.01 Å². The number of hydrogen-bond donors (Lipinski definition) is 1. The van der Waals surface area contributed by atoms with Crippen LogP contribution >= 0.6 is 0 Å². The molecular weight excluding hydrogens is 192 g/mol. The van der Waals surface area contributed by atoms with Crippen LogP contribution < -0.4 is 10.2 Å². The van der Waals surface area contributed by atoms with Gasteiger partial charge in [0.25, 0.3) is 0 Å². The maximum atomic E-state index is 5.56. The molecule has 0 aromatic carbocycles. The highest BCUT2D eigenvalue weighted by Crippen LogP contribution is 2.17. The highest BCUT2D eigenvalue weighted by atomic mass is 16.4. The summed E-state index contributed by atoms with van der Waals surface area (Å²) < 4.78 is 5.56. The molecule has 0 saturated carbocycles. The summed E-state index contributed by atoms with van der Waals surface area (Å²) in [5.74, 6) is 0.664. The average molecular weight is 210 g/mol. The van der Waals surface area contributed by atoms with Gasteiger partial charge in [-0.05, 0) is 19.9 Å². The lowest BCUT2D eigenvalue weighted by Gasteiger charge is -2.16. The number of anilines is 1. The minimum absolute atomic E-state index is 0.640. The summed E-state index contributed by atoms with van der Waals surface area (Å²) in [6, 6.07) is 0.683. The van der Waals surface area contributed by atoms with Gasteiger partial charge in [0.1, 0.15) is 0 Å². The van der Waals surface area contributed by atoms with E-state index in [2.05, 4.69) is 20.4 Å². The first-order valence-corrected chi connectivity index (χ1v) is 5.62. The standard InChI is InChI=1S/C10H18N4O/c1-11-8-9-12-13-10(15-9)14-6-4-2-3-5-7-14/h11H,2-8H2,1H3. The number of nitrogens with zero attached hydrogens (tertiary/aromatic N) is 3. The number of nitrogens with one attached hydrogen (secondary N) is 1. The third kappa shape index (κ3) is 2.68. The van der Waals surface area contributed by atoms with E-state index in [0.717, 1.165) is 13.1 Å². The molecule has 2 rings (SSSR count). The first-order valence-electron chi connectivity index (χ1n) is 5.62. The van der Waals surface area contributed by atoms with Gasteiger partial charge in [-0.25, -0.2) is 0 Å². The smallest absolute Gasteiger partial charge is 0.318 e. The molecule has 2 heterocycles. The molecule has 1 aliphatic heterocycles. The molecule has 1 aromatic heterocycles. The first kappa shape index (κ1) is 10.4. The second-order valence-corrected chi connectivity index (χ2v) is 3.91. The van der Waals surface area contributed by atoms with Crippen molar-refractivity contribution in [2.75, 3.05) is 25.0 Å². The summed E-state index contributed by atoms with van der Waals surface area (Å²) in [7, 11) is 1.87. The average Bonchev–Trinajstić information content (AvgIpc) is 2.53. The van der Waals surface area contributed by atoms with E-state index in [9.17, 15) is 0 Å². The summed E-state index contributed by atoms with van der Waals surface area (Å²) >= 11 is 0. The molecule has 0 bridgehead atoms. The van der Waals surface area contributed by atoms with Gasteiger partial charge < -0.3 is 14.6 Å². The number of rotatable bonds is 3. The lowest BCUT2D eigenvalue weighted by atomic mass is 10.2. The van der Waals surface area contributed by atoms with E-state index < -0.39 is 0 Å². The van der Waals surface area contributed by atoms with Crippen LogP contribution in [0.1, 0.15) is 31.6 Å². The zero-order chi connectivity index (χ0) is 10.5. The van der Waals surface area contributed by atoms with Crippen molar-refractivity contribution < 1.29 is 4.42 Å². The molecule has 0 spiro atoms. The quantitative estimate of drug-likeness (QED) is 0.811. The van der Waals surface area contributed by atoms with Gasteiger partial charge in [-0.1, -0.05) is 17.9 Å². The van der Waals surface area contributed by atoms with E-state index in [-0.39, 0.29) is 0 Å². The Morgan fingerprint density at radius 1 is 1.20 bits per heavy atom. The Bertz CT molecular complexity index is 291. The first-order chi connectivity index (χ1) is 7.40. The molecule has 0 unspecified atom stereocenters. The maximum absolute atomic E-state index is 5.56. The predicted octanol–water partition coefficient (Wildman–Crippen LogP) is 1.17. The fraction of sp³-hybridized carbons (Fsp3) is 0.800. The molecule has 0 aliphatic carbocycles. The van der Waals surface area contributed by atoms with Gasteiger partial charge in [0, 0.05) is 13.1 Å². The highest BCUT2D eigenvalue weighted by Gasteiger charge is 2.15. The van der Waals surface area contributed by atoms with E-state index in [0.29, 0.717) is 18.5 Å². The topological polar surface area (TPSA) is 54.2 Å². The van der Waals surface area contributed by atoms with Crippen LogP contribution in [0.3, 0.4) is 0 Å². The number of hydrogen-bond acceptors (Lipinski definition) is 5. The molecule has 84 valence electrons. The van der Waals surface area contributed by atoms with Crippen LogP contribution in [0.25, 0.3) is 0 Å². The monoisotopic (exact) mass is 210 g/mol. The predicted molar refractivity (Wildman–Crippen MR) is 57.7 cm³/mol. The zero-order valence-corrected chi connectivity index (χ0v) is 9.20. The van der Waals surface area contributed by atoms with Crippen molar-refractivity contribution in [3.63, 3.8) is 0 Å². The van der Waals surface area contributed by atoms with Crippen molar-refractivity contribution >= 4 is 6.01 Å². The minimum atomic E-state index is 0.640. The molecule has 1 N–H and O–H groups in total. The molecule has 1 fully saturated rings. The van der Waals surface area contributed by atoms with Gasteiger partial charge in [0.15, 0.2) is 0 Å². The fourth-order valence-corrected chi connectivity index (χ4v) is 1.86. The van der Waals surface area contributed by atoms with Crippen molar-refractivity contribution in [2.45, 2.75) is 32.2 Å². The Kier molecular flexibility index (Phi) is 3.55. The summed E-state index contributed by atoms with van der Waals surface area (Å²) in [6.07, 6.45) is 5.08. The SMILES string of the molecule is CNCc1nnc(N2CCCCCC2)o1. The van der Waals surface area contributed by atoms with E-state index in [4.69, 9.17) is 4.42 Å². The minimum Gasteiger partial charge on any atom is -0.407 e. The van der Waals surface area contributed by atoms with Crippen molar-refractivity contribution in [1.82, 2.24) is 15.5 Å². The van der Waals surface area contributed by atoms with Crippen molar-refractivity contribution in [2.24, 2.45) is 0 Å². The van der Waals surface area contributed by atoms with E-state index in [1.807, 2.05) is 7.05 Å². The normalized spacial score (nSPS) is 17.8. The Balaban J connectivity index is 2.00. The van der Waals surface area contributed by atoms with Crippen LogP contribution in [-0.2, 0) is 6.54 Å². The Morgan fingerprint density at radius 3 is 2.60 bits per heavy atom. The Hall–Kier alpha value is -1.10. The fourth-order valence-electron chi connectivity index (χ4n) is 1.86. The molecule has 0 atom stereocenters. The Morgan fingerprint density at radius 2 is 1.93 bits per heavy atom. The van der Waals surface area contributed by atoms with Crippen molar-refractivity contribution in [3.05, 3.63) is 5.89 Å². The lowest BCUT2D eigenvalue weighted by Crippen LogP contribution is -2.24. The third-order valence-corrected chi connectivity index (χ3v) is 2.66. The largest absolute Gasteiger partial charge is 0.407 e. The van der Waals surface area contributed by atoms with Crippen LogP contribution in [0.5, 0.6) is 0 Å². The molecule has 5 heteroatoms. The molecule has 0 radical (unpaired) electrons. The molecule has 1 saturated heterocycles. The Labute approximate surface area is 89.9 Å². The van der Waals surface area contributed by atoms with Crippen molar-refractivity contribution in [3.8, 4) is 0 Å². The van der Waals surface area contributed by atoms with Crippen LogP contribution in [0.15, 0.2) is 4.42 Å². The molecular formula is C10H18N4O. The summed E-state index contributed by atoms with van der Waals surface area (Å²) in [4.78, 5) is 2.19. The zero-order valence-electron chi connectivity index (χ0n) is 9.20. The van der Waals surface area contributed by atoms with Crippen molar-refractivity contribution in [1.29, 1.82) is 0 Å². The van der Waals surface area contributed by atoms with Gasteiger partial charge in [0.2, 0.25) is 5.89 Å². The second-order valence-electron chi connectivity index (χ2n) is 3.91. The van der Waals surface area contributed by atoms with E-state index in [1.165, 1.54) is 25.7 Å². The molecule has 15 heavy (non-hydrogen) atoms. The van der Waals surface area contributed by atoms with Crippen LogP contribution in [-0.4, -0.2) is 30.3 Å². The van der Waals surface area contributed by atoms with Gasteiger partial charge >= 0.3 is 6.01 Å². The highest BCUT2D eigenvalue weighted by molar-refractivity contribution is 5.23. The molecule has 1 aromatic rings. The third-order valence-electron chi connectivity index (χ3n) is 2.66. The molecule has 5 nitrogen and oxygen atoms in total. The summed E-state index contributed by atoms with van der Waals surface area (Å²) in [5, 5.41) is 11.1.